The van der Waals surface area contributed by atoms with E-state index < -0.39 is 24.2 Å². The number of hydrogen-bond donors (Lipinski definition) is 0. The van der Waals surface area contributed by atoms with Crippen LogP contribution in [0, 0.1) is 5.41 Å². The first-order valence-corrected chi connectivity index (χ1v) is 5.76. The van der Waals surface area contributed by atoms with Crippen LogP contribution in [-0.4, -0.2) is 12.4 Å². The van der Waals surface area contributed by atoms with Gasteiger partial charge in [-0.3, -0.25) is 0 Å². The smallest absolute Gasteiger partial charge is 0.170 e. The summed E-state index contributed by atoms with van der Waals surface area (Å²) in [6.45, 7) is 0. The SMILES string of the molecule is FC(F)(F)C1(C(F)(F)F)C=CC(c2ccccc2)=CC1. The minimum atomic E-state index is -5.37. The molecular formula is C14H10F6. The molecule has 0 fully saturated rings. The van der Waals surface area contributed by atoms with Crippen LogP contribution < -0.4 is 0 Å². The molecule has 0 heterocycles. The minimum absolute atomic E-state index is 0.218. The van der Waals surface area contributed by atoms with Crippen molar-refractivity contribution in [1.82, 2.24) is 0 Å². The first-order chi connectivity index (χ1) is 9.17. The Balaban J connectivity index is 2.38. The Kier molecular flexibility index (Phi) is 3.44. The number of benzene rings is 1. The normalized spacial score (nSPS) is 18.8. The molecule has 0 aromatic heterocycles. The maximum Gasteiger partial charge on any atom is 0.406 e. The Morgan fingerprint density at radius 2 is 1.40 bits per heavy atom. The highest BCUT2D eigenvalue weighted by atomic mass is 19.4. The largest absolute Gasteiger partial charge is 0.406 e. The average Bonchev–Trinajstić information content (AvgIpc) is 2.37. The molecule has 0 aliphatic heterocycles. The zero-order valence-corrected chi connectivity index (χ0v) is 10.1. The first-order valence-electron chi connectivity index (χ1n) is 5.76. The lowest BCUT2D eigenvalue weighted by Gasteiger charge is -2.36. The van der Waals surface area contributed by atoms with Gasteiger partial charge < -0.3 is 0 Å². The van der Waals surface area contributed by atoms with Crippen LogP contribution >= 0.6 is 0 Å². The summed E-state index contributed by atoms with van der Waals surface area (Å²) in [6.07, 6.45) is -9.80. The average molecular weight is 292 g/mol. The van der Waals surface area contributed by atoms with E-state index in [2.05, 4.69) is 0 Å². The molecule has 2 rings (SSSR count). The third-order valence-electron chi connectivity index (χ3n) is 3.31. The van der Waals surface area contributed by atoms with E-state index in [0.717, 1.165) is 12.2 Å². The maximum absolute atomic E-state index is 12.8. The van der Waals surface area contributed by atoms with E-state index in [4.69, 9.17) is 0 Å². The lowest BCUT2D eigenvalue weighted by molar-refractivity contribution is -0.320. The number of hydrogen-bond acceptors (Lipinski definition) is 0. The van der Waals surface area contributed by atoms with E-state index in [1.54, 1.807) is 30.3 Å². The van der Waals surface area contributed by atoms with Gasteiger partial charge in [0, 0.05) is 0 Å². The maximum atomic E-state index is 12.8. The Bertz CT molecular complexity index is 519. The molecule has 0 N–H and O–H groups in total. The second-order valence-electron chi connectivity index (χ2n) is 4.53. The number of allylic oxidation sites excluding steroid dienone is 4. The van der Waals surface area contributed by atoms with Gasteiger partial charge in [0.05, 0.1) is 0 Å². The van der Waals surface area contributed by atoms with Crippen molar-refractivity contribution in [1.29, 1.82) is 0 Å². The molecule has 0 spiro atoms. The van der Waals surface area contributed by atoms with Gasteiger partial charge in [0.1, 0.15) is 0 Å². The molecule has 6 heteroatoms. The van der Waals surface area contributed by atoms with Crippen molar-refractivity contribution in [2.45, 2.75) is 18.8 Å². The lowest BCUT2D eigenvalue weighted by atomic mass is 9.77. The van der Waals surface area contributed by atoms with Crippen LogP contribution in [0.2, 0.25) is 0 Å². The highest BCUT2D eigenvalue weighted by Crippen LogP contribution is 2.55. The van der Waals surface area contributed by atoms with E-state index in [-0.39, 0.29) is 6.08 Å². The Morgan fingerprint density at radius 1 is 0.850 bits per heavy atom. The van der Waals surface area contributed by atoms with E-state index >= 15 is 0 Å². The van der Waals surface area contributed by atoms with Gasteiger partial charge in [-0.1, -0.05) is 48.6 Å². The molecule has 0 saturated heterocycles. The third-order valence-corrected chi connectivity index (χ3v) is 3.31. The molecule has 0 unspecified atom stereocenters. The van der Waals surface area contributed by atoms with Gasteiger partial charge in [-0.2, -0.15) is 26.3 Å². The molecule has 1 aromatic carbocycles. The van der Waals surface area contributed by atoms with Crippen molar-refractivity contribution in [3.05, 3.63) is 54.1 Å². The van der Waals surface area contributed by atoms with Gasteiger partial charge in [0.25, 0.3) is 0 Å². The third kappa shape index (κ3) is 2.34. The van der Waals surface area contributed by atoms with Gasteiger partial charge >= 0.3 is 12.4 Å². The van der Waals surface area contributed by atoms with Gasteiger partial charge in [0.2, 0.25) is 0 Å². The Morgan fingerprint density at radius 3 is 1.80 bits per heavy atom. The Labute approximate surface area is 111 Å². The van der Waals surface area contributed by atoms with Gasteiger partial charge in [-0.15, -0.1) is 0 Å². The topological polar surface area (TPSA) is 0 Å². The van der Waals surface area contributed by atoms with Crippen molar-refractivity contribution < 1.29 is 26.3 Å². The molecule has 0 amide bonds. The fourth-order valence-electron chi connectivity index (χ4n) is 2.06. The van der Waals surface area contributed by atoms with Crippen molar-refractivity contribution in [2.24, 2.45) is 5.41 Å². The summed E-state index contributed by atoms with van der Waals surface area (Å²) < 4.78 is 76.9. The molecular weight excluding hydrogens is 282 g/mol. The minimum Gasteiger partial charge on any atom is -0.170 e. The molecule has 0 radical (unpaired) electrons. The molecule has 0 atom stereocenters. The summed E-state index contributed by atoms with van der Waals surface area (Å²) >= 11 is 0. The summed E-state index contributed by atoms with van der Waals surface area (Å²) in [4.78, 5) is 0. The number of halogens is 6. The van der Waals surface area contributed by atoms with Crippen LogP contribution in [0.3, 0.4) is 0 Å². The number of rotatable bonds is 1. The first kappa shape index (κ1) is 14.7. The fourth-order valence-corrected chi connectivity index (χ4v) is 2.06. The molecule has 1 aromatic rings. The molecule has 20 heavy (non-hydrogen) atoms. The van der Waals surface area contributed by atoms with E-state index in [1.165, 1.54) is 0 Å². The van der Waals surface area contributed by atoms with Gasteiger partial charge in [-0.25, -0.2) is 0 Å². The van der Waals surface area contributed by atoms with E-state index in [9.17, 15) is 26.3 Å². The van der Waals surface area contributed by atoms with E-state index in [0.29, 0.717) is 11.1 Å². The van der Waals surface area contributed by atoms with Gasteiger partial charge in [0.15, 0.2) is 5.41 Å². The molecule has 1 aliphatic carbocycles. The molecule has 0 nitrogen and oxygen atoms in total. The van der Waals surface area contributed by atoms with Crippen LogP contribution in [0.4, 0.5) is 26.3 Å². The summed E-state index contributed by atoms with van der Waals surface area (Å²) in [5, 5.41) is 0. The molecule has 108 valence electrons. The van der Waals surface area contributed by atoms with Crippen LogP contribution in [-0.2, 0) is 0 Å². The van der Waals surface area contributed by atoms with E-state index in [1.807, 2.05) is 0 Å². The molecule has 1 aliphatic rings. The van der Waals surface area contributed by atoms with Crippen molar-refractivity contribution in [3.8, 4) is 0 Å². The second-order valence-corrected chi connectivity index (χ2v) is 4.53. The summed E-state index contributed by atoms with van der Waals surface area (Å²) in [5.74, 6) is 0. The molecule has 0 saturated carbocycles. The quantitative estimate of drug-likeness (QED) is 0.629. The second kappa shape index (κ2) is 4.68. The van der Waals surface area contributed by atoms with Crippen molar-refractivity contribution >= 4 is 5.57 Å². The Hall–Kier alpha value is -1.72. The summed E-state index contributed by atoms with van der Waals surface area (Å²) in [7, 11) is 0. The highest BCUT2D eigenvalue weighted by molar-refractivity contribution is 5.75. The molecule has 0 bridgehead atoms. The monoisotopic (exact) mass is 292 g/mol. The summed E-state index contributed by atoms with van der Waals surface area (Å²) in [5.41, 5.74) is -2.85. The zero-order valence-electron chi connectivity index (χ0n) is 10.1. The predicted octanol–water partition coefficient (Wildman–Crippen LogP) is 5.14. The predicted molar refractivity (Wildman–Crippen MR) is 62.7 cm³/mol. The fraction of sp³-hybridized carbons (Fsp3) is 0.286. The van der Waals surface area contributed by atoms with Crippen LogP contribution in [0.1, 0.15) is 12.0 Å². The summed E-state index contributed by atoms with van der Waals surface area (Å²) in [6, 6.07) is 8.31. The van der Waals surface area contributed by atoms with Crippen LogP contribution in [0.25, 0.3) is 5.57 Å². The standard InChI is InChI=1S/C14H10F6/c15-13(16,17)12(14(18,19)20)8-6-11(7-9-12)10-4-2-1-3-5-10/h1-8H,9H2. The lowest BCUT2D eigenvalue weighted by Crippen LogP contribution is -2.48. The number of alkyl halides is 6. The van der Waals surface area contributed by atoms with Crippen LogP contribution in [0.5, 0.6) is 0 Å². The zero-order chi connectivity index (χ0) is 15.0. The van der Waals surface area contributed by atoms with Crippen molar-refractivity contribution in [2.75, 3.05) is 0 Å². The van der Waals surface area contributed by atoms with Gasteiger partial charge in [-0.05, 0) is 17.6 Å². The van der Waals surface area contributed by atoms with Crippen molar-refractivity contribution in [3.63, 3.8) is 0 Å². The highest BCUT2D eigenvalue weighted by Gasteiger charge is 2.68. The van der Waals surface area contributed by atoms with Crippen LogP contribution in [0.15, 0.2) is 48.6 Å².